The van der Waals surface area contributed by atoms with Crippen molar-refractivity contribution in [3.8, 4) is 5.75 Å². The van der Waals surface area contributed by atoms with E-state index in [9.17, 15) is 18.9 Å². The monoisotopic (exact) mass is 419 g/mol. The van der Waals surface area contributed by atoms with Crippen LogP contribution in [-0.2, 0) is 6.54 Å². The Morgan fingerprint density at radius 1 is 1.33 bits per heavy atom. The van der Waals surface area contributed by atoms with E-state index in [1.54, 1.807) is 37.4 Å². The average molecular weight is 419 g/mol. The van der Waals surface area contributed by atoms with Gasteiger partial charge in [-0.15, -0.1) is 0 Å². The van der Waals surface area contributed by atoms with Crippen LogP contribution in [-0.4, -0.2) is 43.7 Å². The summed E-state index contributed by atoms with van der Waals surface area (Å²) in [4.78, 5) is 16.7. The van der Waals surface area contributed by atoms with E-state index in [1.807, 2.05) is 4.90 Å². The molecule has 1 fully saturated rings. The minimum atomic E-state index is -2.88. The van der Waals surface area contributed by atoms with Gasteiger partial charge in [-0.05, 0) is 24.1 Å². The van der Waals surface area contributed by atoms with Crippen LogP contribution in [0.1, 0.15) is 12.0 Å². The van der Waals surface area contributed by atoms with Gasteiger partial charge in [0.15, 0.2) is 5.96 Å². The molecule has 0 bridgehead atoms. The van der Waals surface area contributed by atoms with Crippen molar-refractivity contribution >= 4 is 17.3 Å². The van der Waals surface area contributed by atoms with Crippen molar-refractivity contribution in [2.75, 3.05) is 25.0 Å². The SMILES string of the molecule is CN=C(NCc1cccc([N+](=O)[O-])c1)NC1CCN(c2ccccc2OC(F)F)C1. The highest BCUT2D eigenvalue weighted by molar-refractivity contribution is 5.80. The second-order valence-electron chi connectivity index (χ2n) is 6.77. The Morgan fingerprint density at radius 2 is 2.13 bits per heavy atom. The fourth-order valence-corrected chi connectivity index (χ4v) is 3.36. The maximum atomic E-state index is 12.7. The molecule has 160 valence electrons. The summed E-state index contributed by atoms with van der Waals surface area (Å²) in [7, 11) is 1.64. The normalized spacial score (nSPS) is 16.6. The molecule has 0 aromatic heterocycles. The number of anilines is 1. The Balaban J connectivity index is 1.57. The molecule has 1 aliphatic heterocycles. The van der Waals surface area contributed by atoms with E-state index in [2.05, 4.69) is 20.4 Å². The lowest BCUT2D eigenvalue weighted by Gasteiger charge is -2.22. The molecule has 0 aliphatic carbocycles. The molecule has 2 aromatic rings. The van der Waals surface area contributed by atoms with Crippen LogP contribution >= 0.6 is 0 Å². The Morgan fingerprint density at radius 3 is 2.87 bits per heavy atom. The van der Waals surface area contributed by atoms with E-state index in [4.69, 9.17) is 0 Å². The lowest BCUT2D eigenvalue weighted by Crippen LogP contribution is -2.44. The van der Waals surface area contributed by atoms with Crippen molar-refractivity contribution in [2.45, 2.75) is 25.6 Å². The van der Waals surface area contributed by atoms with Crippen molar-refractivity contribution in [3.63, 3.8) is 0 Å². The van der Waals surface area contributed by atoms with Gasteiger partial charge in [0, 0.05) is 44.9 Å². The molecule has 1 atom stereocenters. The molecule has 0 radical (unpaired) electrons. The molecule has 30 heavy (non-hydrogen) atoms. The third kappa shape index (κ3) is 5.56. The number of rotatable bonds is 7. The molecule has 3 rings (SSSR count). The van der Waals surface area contributed by atoms with E-state index in [0.717, 1.165) is 12.0 Å². The molecule has 1 heterocycles. The maximum absolute atomic E-state index is 12.7. The highest BCUT2D eigenvalue weighted by Crippen LogP contribution is 2.31. The minimum Gasteiger partial charge on any atom is -0.433 e. The van der Waals surface area contributed by atoms with Gasteiger partial charge in [-0.2, -0.15) is 8.78 Å². The third-order valence-corrected chi connectivity index (χ3v) is 4.76. The van der Waals surface area contributed by atoms with E-state index in [-0.39, 0.29) is 17.5 Å². The van der Waals surface area contributed by atoms with Gasteiger partial charge >= 0.3 is 6.61 Å². The molecule has 1 unspecified atom stereocenters. The Kier molecular flexibility index (Phi) is 6.99. The number of hydrogen-bond acceptors (Lipinski definition) is 5. The Bertz CT molecular complexity index is 910. The number of guanidine groups is 1. The van der Waals surface area contributed by atoms with E-state index >= 15 is 0 Å². The first-order valence-electron chi connectivity index (χ1n) is 9.45. The molecule has 2 N–H and O–H groups in total. The van der Waals surface area contributed by atoms with Crippen molar-refractivity contribution in [1.82, 2.24) is 10.6 Å². The highest BCUT2D eigenvalue weighted by Gasteiger charge is 2.26. The van der Waals surface area contributed by atoms with E-state index in [0.29, 0.717) is 31.3 Å². The fourth-order valence-electron chi connectivity index (χ4n) is 3.36. The quantitative estimate of drug-likeness (QED) is 0.310. The summed E-state index contributed by atoms with van der Waals surface area (Å²) in [6, 6.07) is 13.2. The van der Waals surface area contributed by atoms with E-state index < -0.39 is 11.5 Å². The van der Waals surface area contributed by atoms with Gasteiger partial charge in [0.2, 0.25) is 0 Å². The zero-order valence-corrected chi connectivity index (χ0v) is 16.4. The number of hydrogen-bond donors (Lipinski definition) is 2. The van der Waals surface area contributed by atoms with Crippen molar-refractivity contribution in [2.24, 2.45) is 4.99 Å². The number of nitrogens with zero attached hydrogens (tertiary/aromatic N) is 3. The summed E-state index contributed by atoms with van der Waals surface area (Å²) < 4.78 is 30.0. The molecule has 10 heteroatoms. The van der Waals surface area contributed by atoms with Gasteiger partial charge in [0.05, 0.1) is 10.6 Å². The van der Waals surface area contributed by atoms with Crippen LogP contribution < -0.4 is 20.3 Å². The molecule has 0 saturated carbocycles. The Hall–Kier alpha value is -3.43. The highest BCUT2D eigenvalue weighted by atomic mass is 19.3. The summed E-state index contributed by atoms with van der Waals surface area (Å²) in [6.45, 7) is -1.22. The number of ether oxygens (including phenoxy) is 1. The summed E-state index contributed by atoms with van der Waals surface area (Å²) >= 11 is 0. The van der Waals surface area contributed by atoms with Gasteiger partial charge in [-0.25, -0.2) is 0 Å². The Labute approximate surface area is 172 Å². The smallest absolute Gasteiger partial charge is 0.387 e. The van der Waals surface area contributed by atoms with Crippen LogP contribution in [0.3, 0.4) is 0 Å². The predicted molar refractivity (Wildman–Crippen MR) is 110 cm³/mol. The third-order valence-electron chi connectivity index (χ3n) is 4.76. The van der Waals surface area contributed by atoms with Crippen LogP contribution in [0.15, 0.2) is 53.5 Å². The number of non-ortho nitro benzene ring substituents is 1. The first-order chi connectivity index (χ1) is 14.5. The molecule has 2 aromatic carbocycles. The van der Waals surface area contributed by atoms with Gasteiger partial charge in [-0.1, -0.05) is 24.3 Å². The van der Waals surface area contributed by atoms with Crippen molar-refractivity contribution in [3.05, 3.63) is 64.2 Å². The molecular weight excluding hydrogens is 396 g/mol. The van der Waals surface area contributed by atoms with Crippen LogP contribution in [0.2, 0.25) is 0 Å². The number of alkyl halides is 2. The van der Waals surface area contributed by atoms with Crippen LogP contribution in [0, 0.1) is 10.1 Å². The zero-order valence-electron chi connectivity index (χ0n) is 16.4. The maximum Gasteiger partial charge on any atom is 0.387 e. The number of aliphatic imine (C=N–C) groups is 1. The lowest BCUT2D eigenvalue weighted by atomic mass is 10.2. The van der Waals surface area contributed by atoms with Crippen molar-refractivity contribution in [1.29, 1.82) is 0 Å². The number of halogens is 2. The zero-order chi connectivity index (χ0) is 21.5. The second-order valence-corrected chi connectivity index (χ2v) is 6.77. The molecular formula is C20H23F2N5O3. The summed E-state index contributed by atoms with van der Waals surface area (Å²) in [5.41, 5.74) is 1.42. The number of nitro groups is 1. The standard InChI is InChI=1S/C20H23F2N5O3/c1-23-20(24-12-14-5-4-6-16(11-14)27(28)29)25-15-9-10-26(13-15)17-7-2-3-8-18(17)30-19(21)22/h2-8,11,15,19H,9-10,12-13H2,1H3,(H2,23,24,25). The average Bonchev–Trinajstić information content (AvgIpc) is 3.19. The van der Waals surface area contributed by atoms with Gasteiger partial charge < -0.3 is 20.3 Å². The van der Waals surface area contributed by atoms with Gasteiger partial charge in [-0.3, -0.25) is 15.1 Å². The summed E-state index contributed by atoms with van der Waals surface area (Å²) in [5, 5.41) is 17.4. The molecule has 0 amide bonds. The topological polar surface area (TPSA) is 92.0 Å². The van der Waals surface area contributed by atoms with Crippen LogP contribution in [0.25, 0.3) is 0 Å². The molecule has 1 saturated heterocycles. The van der Waals surface area contributed by atoms with Crippen molar-refractivity contribution < 1.29 is 18.4 Å². The largest absolute Gasteiger partial charge is 0.433 e. The molecule has 8 nitrogen and oxygen atoms in total. The van der Waals surface area contributed by atoms with Gasteiger partial charge in [0.1, 0.15) is 5.75 Å². The van der Waals surface area contributed by atoms with Crippen LogP contribution in [0.4, 0.5) is 20.2 Å². The predicted octanol–water partition coefficient (Wildman–Crippen LogP) is 3.14. The van der Waals surface area contributed by atoms with E-state index in [1.165, 1.54) is 18.2 Å². The van der Waals surface area contributed by atoms with Crippen LogP contribution in [0.5, 0.6) is 5.75 Å². The lowest BCUT2D eigenvalue weighted by molar-refractivity contribution is -0.384. The van der Waals surface area contributed by atoms with Gasteiger partial charge in [0.25, 0.3) is 5.69 Å². The summed E-state index contributed by atoms with van der Waals surface area (Å²) in [5.74, 6) is 0.715. The minimum absolute atomic E-state index is 0.0355. The number of benzene rings is 2. The number of nitrogens with one attached hydrogen (secondary N) is 2. The molecule has 0 spiro atoms. The first kappa shape index (κ1) is 21.3. The number of para-hydroxylation sites is 2. The second kappa shape index (κ2) is 9.86. The fraction of sp³-hybridized carbons (Fsp3) is 0.350. The molecule has 1 aliphatic rings. The first-order valence-corrected chi connectivity index (χ1v) is 9.45. The summed E-state index contributed by atoms with van der Waals surface area (Å²) in [6.07, 6.45) is 0.792. The number of nitro benzene ring substituents is 1.